The third kappa shape index (κ3) is 8.63. The van der Waals surface area contributed by atoms with Crippen LogP contribution in [0.4, 0.5) is 10.1 Å². The molecule has 0 heterocycles. The lowest BCUT2D eigenvalue weighted by molar-refractivity contribution is -0.140. The third-order valence-corrected chi connectivity index (χ3v) is 9.67. The number of hydrogen-bond donors (Lipinski definition) is 1. The minimum Gasteiger partial charge on any atom is -0.352 e. The van der Waals surface area contributed by atoms with Crippen molar-refractivity contribution < 1.29 is 22.4 Å². The van der Waals surface area contributed by atoms with Gasteiger partial charge in [-0.25, -0.2) is 12.8 Å². The second-order valence-corrected chi connectivity index (χ2v) is 13.3. The van der Waals surface area contributed by atoms with Gasteiger partial charge in [0.25, 0.3) is 10.0 Å². The van der Waals surface area contributed by atoms with E-state index in [0.717, 1.165) is 9.87 Å². The van der Waals surface area contributed by atoms with Crippen molar-refractivity contribution in [3.05, 3.63) is 130 Å². The van der Waals surface area contributed by atoms with E-state index in [1.54, 1.807) is 24.3 Å². The summed E-state index contributed by atoms with van der Waals surface area (Å²) >= 11 is 12.6. The van der Waals surface area contributed by atoms with Crippen LogP contribution in [0.25, 0.3) is 0 Å². The molecule has 0 aliphatic heterocycles. The highest BCUT2D eigenvalue weighted by molar-refractivity contribution is 7.92. The Labute approximate surface area is 273 Å². The number of nitrogens with one attached hydrogen (secondary N) is 1. The van der Waals surface area contributed by atoms with Crippen LogP contribution in [0, 0.1) is 5.82 Å². The van der Waals surface area contributed by atoms with Crippen LogP contribution in [0.2, 0.25) is 10.0 Å². The van der Waals surface area contributed by atoms with E-state index in [1.807, 2.05) is 44.2 Å². The van der Waals surface area contributed by atoms with Crippen molar-refractivity contribution in [1.29, 1.82) is 0 Å². The van der Waals surface area contributed by atoms with Crippen LogP contribution in [0.3, 0.4) is 0 Å². The van der Waals surface area contributed by atoms with Gasteiger partial charge in [0, 0.05) is 29.6 Å². The Morgan fingerprint density at radius 3 is 2.13 bits per heavy atom. The van der Waals surface area contributed by atoms with Gasteiger partial charge in [-0.2, -0.15) is 0 Å². The molecule has 4 aromatic carbocycles. The number of anilines is 1. The smallest absolute Gasteiger partial charge is 0.264 e. The van der Waals surface area contributed by atoms with E-state index in [4.69, 9.17) is 23.2 Å². The maximum atomic E-state index is 15.0. The molecule has 0 saturated heterocycles. The first-order valence-corrected chi connectivity index (χ1v) is 16.6. The molecule has 236 valence electrons. The third-order valence-electron chi connectivity index (χ3n) is 7.36. The van der Waals surface area contributed by atoms with E-state index in [9.17, 15) is 18.0 Å². The molecule has 0 saturated carbocycles. The maximum Gasteiger partial charge on any atom is 0.264 e. The Bertz CT molecular complexity index is 1730. The Morgan fingerprint density at radius 2 is 1.51 bits per heavy atom. The summed E-state index contributed by atoms with van der Waals surface area (Å²) in [5, 5.41) is 3.23. The first kappa shape index (κ1) is 34.0. The summed E-state index contributed by atoms with van der Waals surface area (Å²) in [6.45, 7) is 2.75. The monoisotopic (exact) mass is 669 g/mol. The first-order valence-electron chi connectivity index (χ1n) is 14.4. The molecule has 0 bridgehead atoms. The van der Waals surface area contributed by atoms with Gasteiger partial charge >= 0.3 is 0 Å². The summed E-state index contributed by atoms with van der Waals surface area (Å²) in [6, 6.07) is 25.7. The summed E-state index contributed by atoms with van der Waals surface area (Å²) < 4.78 is 44.0. The topological polar surface area (TPSA) is 86.8 Å². The Balaban J connectivity index is 1.83. The molecule has 2 amide bonds. The summed E-state index contributed by atoms with van der Waals surface area (Å²) in [5.41, 5.74) is 0.956. The lowest BCUT2D eigenvalue weighted by Gasteiger charge is -2.34. The van der Waals surface area contributed by atoms with Crippen LogP contribution in [-0.4, -0.2) is 43.8 Å². The van der Waals surface area contributed by atoms with E-state index in [-0.39, 0.29) is 45.2 Å². The van der Waals surface area contributed by atoms with Gasteiger partial charge < -0.3 is 10.2 Å². The van der Waals surface area contributed by atoms with Crippen LogP contribution < -0.4 is 9.62 Å². The van der Waals surface area contributed by atoms with Crippen LogP contribution in [0.5, 0.6) is 0 Å². The van der Waals surface area contributed by atoms with Crippen molar-refractivity contribution in [3.8, 4) is 0 Å². The van der Waals surface area contributed by atoms with Crippen LogP contribution in [0.1, 0.15) is 31.4 Å². The van der Waals surface area contributed by atoms with E-state index in [1.165, 1.54) is 53.4 Å². The predicted octanol–water partition coefficient (Wildman–Crippen LogP) is 6.88. The standard InChI is InChI=1S/C34H34Cl2FN3O4S/c1-3-24(2)38-34(42)32(20-25-12-6-4-7-13-25)39(22-26-14-10-11-17-30(26)37)33(41)23-40(31-19-18-27(35)21-29(31)36)45(43,44)28-15-8-5-9-16-28/h4-19,21,24,32H,3,20,22-23H2,1-2H3,(H,38,42)/t24-,32-/m0/s1. The lowest BCUT2D eigenvalue weighted by atomic mass is 10.0. The van der Waals surface area contributed by atoms with Gasteiger partial charge in [-0.05, 0) is 55.3 Å². The number of carbonyl (C=O) groups is 2. The minimum atomic E-state index is -4.34. The average Bonchev–Trinajstić information content (AvgIpc) is 3.03. The second kappa shape index (κ2) is 15.4. The second-order valence-electron chi connectivity index (χ2n) is 10.6. The predicted molar refractivity (Wildman–Crippen MR) is 176 cm³/mol. The van der Waals surface area contributed by atoms with E-state index in [0.29, 0.717) is 6.42 Å². The molecule has 0 aliphatic carbocycles. The van der Waals surface area contributed by atoms with Crippen LogP contribution in [0.15, 0.2) is 108 Å². The number of hydrogen-bond acceptors (Lipinski definition) is 4. The molecule has 4 rings (SSSR count). The Kier molecular flexibility index (Phi) is 11.6. The Morgan fingerprint density at radius 1 is 0.889 bits per heavy atom. The van der Waals surface area contributed by atoms with Gasteiger partial charge in [0.2, 0.25) is 11.8 Å². The number of halogens is 3. The molecule has 0 aromatic heterocycles. The van der Waals surface area contributed by atoms with Crippen LogP contribution in [-0.2, 0) is 32.6 Å². The first-order chi connectivity index (χ1) is 21.5. The molecule has 0 fully saturated rings. The number of sulfonamides is 1. The number of nitrogens with zero attached hydrogens (tertiary/aromatic N) is 2. The summed E-state index contributed by atoms with van der Waals surface area (Å²) in [5.74, 6) is -1.74. The molecule has 0 radical (unpaired) electrons. The highest BCUT2D eigenvalue weighted by Gasteiger charge is 2.35. The molecule has 2 atom stereocenters. The summed E-state index contributed by atoms with van der Waals surface area (Å²) in [4.78, 5) is 29.4. The van der Waals surface area contributed by atoms with Gasteiger partial charge in [0.05, 0.1) is 15.6 Å². The average molecular weight is 671 g/mol. The number of rotatable bonds is 13. The van der Waals surface area contributed by atoms with Gasteiger partial charge in [-0.3, -0.25) is 13.9 Å². The number of amides is 2. The molecule has 0 spiro atoms. The number of benzene rings is 4. The van der Waals surface area contributed by atoms with E-state index in [2.05, 4.69) is 5.32 Å². The molecule has 11 heteroatoms. The van der Waals surface area contributed by atoms with Crippen molar-refractivity contribution in [2.45, 2.75) is 50.2 Å². The highest BCUT2D eigenvalue weighted by Crippen LogP contribution is 2.33. The molecular formula is C34H34Cl2FN3O4S. The highest BCUT2D eigenvalue weighted by atomic mass is 35.5. The fourth-order valence-electron chi connectivity index (χ4n) is 4.72. The minimum absolute atomic E-state index is 0.00538. The summed E-state index contributed by atoms with van der Waals surface area (Å²) in [7, 11) is -4.34. The van der Waals surface area contributed by atoms with Gasteiger partial charge in [0.1, 0.15) is 18.4 Å². The van der Waals surface area contributed by atoms with Crippen molar-refractivity contribution in [1.82, 2.24) is 10.2 Å². The van der Waals surface area contributed by atoms with Crippen LogP contribution >= 0.6 is 23.2 Å². The number of carbonyl (C=O) groups excluding carboxylic acids is 2. The van der Waals surface area contributed by atoms with Crippen molar-refractivity contribution in [2.24, 2.45) is 0 Å². The zero-order valence-electron chi connectivity index (χ0n) is 24.9. The maximum absolute atomic E-state index is 15.0. The lowest BCUT2D eigenvalue weighted by Crippen LogP contribution is -2.54. The molecular weight excluding hydrogens is 636 g/mol. The zero-order chi connectivity index (χ0) is 32.6. The van der Waals surface area contributed by atoms with E-state index < -0.39 is 40.2 Å². The fourth-order valence-corrected chi connectivity index (χ4v) is 6.74. The zero-order valence-corrected chi connectivity index (χ0v) is 27.2. The quantitative estimate of drug-likeness (QED) is 0.168. The van der Waals surface area contributed by atoms with Crippen molar-refractivity contribution in [2.75, 3.05) is 10.8 Å². The van der Waals surface area contributed by atoms with Gasteiger partial charge in [0.15, 0.2) is 0 Å². The summed E-state index contributed by atoms with van der Waals surface area (Å²) in [6.07, 6.45) is 0.750. The molecule has 45 heavy (non-hydrogen) atoms. The van der Waals surface area contributed by atoms with Gasteiger partial charge in [-0.1, -0.05) is 96.9 Å². The van der Waals surface area contributed by atoms with Gasteiger partial charge in [-0.15, -0.1) is 0 Å². The SMILES string of the molecule is CC[C@H](C)NC(=O)[C@H](Cc1ccccc1)N(Cc1ccccc1F)C(=O)CN(c1ccc(Cl)cc1Cl)S(=O)(=O)c1ccccc1. The molecule has 1 N–H and O–H groups in total. The molecule has 0 aliphatic rings. The Hall–Kier alpha value is -3.92. The van der Waals surface area contributed by atoms with E-state index >= 15 is 4.39 Å². The molecule has 4 aromatic rings. The fraction of sp³-hybridized carbons (Fsp3) is 0.235. The molecule has 0 unspecified atom stereocenters. The largest absolute Gasteiger partial charge is 0.352 e. The normalized spacial score (nSPS) is 12.6. The van der Waals surface area contributed by atoms with Crippen molar-refractivity contribution >= 4 is 50.7 Å². The molecule has 7 nitrogen and oxygen atoms in total. The van der Waals surface area contributed by atoms with Crippen molar-refractivity contribution in [3.63, 3.8) is 0 Å².